The number of hydrogen-bond donors (Lipinski definition) is 1. The average molecular weight is 430 g/mol. The summed E-state index contributed by atoms with van der Waals surface area (Å²) in [4.78, 5) is 12.5. The molecule has 1 N–H and O–H groups in total. The van der Waals surface area contributed by atoms with Gasteiger partial charge in [-0.3, -0.25) is 0 Å². The molecule has 2 aromatic carbocycles. The van der Waals surface area contributed by atoms with Crippen molar-refractivity contribution in [3.8, 4) is 11.5 Å². The third-order valence-electron chi connectivity index (χ3n) is 5.87. The van der Waals surface area contributed by atoms with Gasteiger partial charge in [0.1, 0.15) is 29.7 Å². The van der Waals surface area contributed by atoms with Crippen molar-refractivity contribution in [2.75, 3.05) is 18.5 Å². The molecule has 0 atom stereocenters. The summed E-state index contributed by atoms with van der Waals surface area (Å²) in [5.74, 6) is 3.31. The van der Waals surface area contributed by atoms with Crippen LogP contribution in [0.2, 0.25) is 0 Å². The van der Waals surface area contributed by atoms with Crippen LogP contribution in [0, 0.1) is 0 Å². The zero-order chi connectivity index (χ0) is 20.6. The van der Waals surface area contributed by atoms with E-state index in [1.807, 2.05) is 35.6 Å². The highest BCUT2D eigenvalue weighted by Crippen LogP contribution is 2.40. The Labute approximate surface area is 185 Å². The molecule has 4 aromatic rings. The monoisotopic (exact) mass is 429 g/mol. The summed E-state index contributed by atoms with van der Waals surface area (Å²) < 4.78 is 11.4. The molecule has 0 unspecified atom stereocenters. The minimum absolute atomic E-state index is 0.577. The van der Waals surface area contributed by atoms with Crippen LogP contribution in [0.25, 0.3) is 10.2 Å². The van der Waals surface area contributed by atoms with Crippen LogP contribution in [0.15, 0.2) is 48.5 Å². The third-order valence-corrected chi connectivity index (χ3v) is 7.06. The molecule has 0 saturated carbocycles. The smallest absolute Gasteiger partial charge is 0.163 e. The summed E-state index contributed by atoms with van der Waals surface area (Å²) in [5, 5.41) is 4.77. The van der Waals surface area contributed by atoms with Crippen LogP contribution in [-0.4, -0.2) is 23.2 Å². The Morgan fingerprint density at radius 3 is 2.65 bits per heavy atom. The summed E-state index contributed by atoms with van der Waals surface area (Å²) in [6.07, 6.45) is 5.46. The molecule has 6 heteroatoms. The Morgan fingerprint density at radius 1 is 0.903 bits per heavy atom. The zero-order valence-electron chi connectivity index (χ0n) is 17.2. The second-order valence-corrected chi connectivity index (χ2v) is 9.11. The van der Waals surface area contributed by atoms with E-state index < -0.39 is 0 Å². The Kier molecular flexibility index (Phi) is 4.72. The maximum atomic E-state index is 5.77. The highest BCUT2D eigenvalue weighted by atomic mass is 32.1. The lowest BCUT2D eigenvalue weighted by Gasteiger charge is -2.19. The lowest BCUT2D eigenvalue weighted by atomic mass is 9.97. The van der Waals surface area contributed by atoms with E-state index in [9.17, 15) is 0 Å². The number of aromatic nitrogens is 2. The van der Waals surface area contributed by atoms with Gasteiger partial charge in [0.25, 0.3) is 0 Å². The van der Waals surface area contributed by atoms with Gasteiger partial charge in [0, 0.05) is 23.1 Å². The van der Waals surface area contributed by atoms with E-state index in [0.29, 0.717) is 13.2 Å². The number of benzene rings is 2. The molecule has 0 fully saturated rings. The van der Waals surface area contributed by atoms with Crippen molar-refractivity contribution < 1.29 is 9.47 Å². The fourth-order valence-corrected chi connectivity index (χ4v) is 5.69. The van der Waals surface area contributed by atoms with Crippen molar-refractivity contribution in [3.63, 3.8) is 0 Å². The standard InChI is InChI=1S/C25H23N3O2S/c1-2-6-16(7-3-1)14-22-27-24(23-18-8-4-5-9-21(18)31-25(23)28-22)26-17-10-11-19-20(15-17)30-13-12-29-19/h1-3,6-7,10-11,15H,4-5,8-9,12-14H2,(H,26,27,28). The minimum Gasteiger partial charge on any atom is -0.486 e. The van der Waals surface area contributed by atoms with Gasteiger partial charge in [0.05, 0.1) is 5.39 Å². The minimum atomic E-state index is 0.577. The number of fused-ring (bicyclic) bond motifs is 4. The van der Waals surface area contributed by atoms with Crippen molar-refractivity contribution in [1.29, 1.82) is 0 Å². The van der Waals surface area contributed by atoms with E-state index in [1.165, 1.54) is 34.2 Å². The van der Waals surface area contributed by atoms with Crippen LogP contribution < -0.4 is 14.8 Å². The SMILES string of the molecule is c1ccc(Cc2nc(Nc3ccc4c(c3)OCCO4)c3c4c(sc3n2)CCCC4)cc1. The van der Waals surface area contributed by atoms with Gasteiger partial charge in [-0.05, 0) is 48.9 Å². The van der Waals surface area contributed by atoms with Crippen LogP contribution >= 0.6 is 11.3 Å². The van der Waals surface area contributed by atoms with Crippen molar-refractivity contribution in [2.45, 2.75) is 32.1 Å². The molecule has 0 amide bonds. The Bertz CT molecular complexity index is 1250. The average Bonchev–Trinajstić information content (AvgIpc) is 3.18. The van der Waals surface area contributed by atoms with Gasteiger partial charge in [-0.15, -0.1) is 11.3 Å². The predicted octanol–water partition coefficient (Wildman–Crippen LogP) is 5.68. The van der Waals surface area contributed by atoms with Crippen LogP contribution in [0.4, 0.5) is 11.5 Å². The number of rotatable bonds is 4. The Balaban J connectivity index is 1.43. The van der Waals surface area contributed by atoms with E-state index >= 15 is 0 Å². The highest BCUT2D eigenvalue weighted by Gasteiger charge is 2.22. The van der Waals surface area contributed by atoms with Gasteiger partial charge < -0.3 is 14.8 Å². The van der Waals surface area contributed by atoms with E-state index in [4.69, 9.17) is 19.4 Å². The fourth-order valence-electron chi connectivity index (χ4n) is 4.41. The zero-order valence-corrected chi connectivity index (χ0v) is 18.0. The van der Waals surface area contributed by atoms with Gasteiger partial charge in [-0.2, -0.15) is 0 Å². The molecule has 6 rings (SSSR count). The molecular weight excluding hydrogens is 406 g/mol. The lowest BCUT2D eigenvalue weighted by molar-refractivity contribution is 0.171. The van der Waals surface area contributed by atoms with Crippen LogP contribution in [-0.2, 0) is 19.3 Å². The summed E-state index contributed by atoms with van der Waals surface area (Å²) >= 11 is 1.84. The van der Waals surface area contributed by atoms with Crippen molar-refractivity contribution in [3.05, 3.63) is 70.4 Å². The summed E-state index contributed by atoms with van der Waals surface area (Å²) in [7, 11) is 0. The molecule has 0 bridgehead atoms. The van der Waals surface area contributed by atoms with Gasteiger partial charge in [-0.1, -0.05) is 30.3 Å². The number of hydrogen-bond acceptors (Lipinski definition) is 6. The molecule has 2 aromatic heterocycles. The van der Waals surface area contributed by atoms with Crippen LogP contribution in [0.3, 0.4) is 0 Å². The first-order chi connectivity index (χ1) is 15.3. The van der Waals surface area contributed by atoms with E-state index in [1.54, 1.807) is 0 Å². The summed E-state index contributed by atoms with van der Waals surface area (Å²) in [5.41, 5.74) is 3.59. The highest BCUT2D eigenvalue weighted by molar-refractivity contribution is 7.19. The Hall–Kier alpha value is -3.12. The second kappa shape index (κ2) is 7.85. The number of nitrogens with zero attached hydrogens (tertiary/aromatic N) is 2. The number of ether oxygens (including phenoxy) is 2. The molecular formula is C25H23N3O2S. The normalized spacial score (nSPS) is 15.0. The summed E-state index contributed by atoms with van der Waals surface area (Å²) in [6, 6.07) is 16.4. The van der Waals surface area contributed by atoms with E-state index in [2.05, 4.69) is 29.6 Å². The number of nitrogens with one attached hydrogen (secondary N) is 1. The van der Waals surface area contributed by atoms with E-state index in [0.717, 1.165) is 52.9 Å². The molecule has 1 aliphatic heterocycles. The van der Waals surface area contributed by atoms with Gasteiger partial charge in [0.15, 0.2) is 11.5 Å². The fraction of sp³-hybridized carbons (Fsp3) is 0.280. The van der Waals surface area contributed by atoms with Gasteiger partial charge in [-0.25, -0.2) is 9.97 Å². The maximum Gasteiger partial charge on any atom is 0.163 e. The molecule has 3 heterocycles. The Morgan fingerprint density at radius 2 is 1.74 bits per heavy atom. The number of thiophene rings is 1. The molecule has 31 heavy (non-hydrogen) atoms. The topological polar surface area (TPSA) is 56.3 Å². The molecule has 1 aliphatic carbocycles. The molecule has 0 radical (unpaired) electrons. The number of anilines is 2. The van der Waals surface area contributed by atoms with Crippen LogP contribution in [0.5, 0.6) is 11.5 Å². The maximum absolute atomic E-state index is 5.77. The third kappa shape index (κ3) is 3.61. The predicted molar refractivity (Wildman–Crippen MR) is 124 cm³/mol. The van der Waals surface area contributed by atoms with Crippen molar-refractivity contribution in [2.24, 2.45) is 0 Å². The van der Waals surface area contributed by atoms with Crippen LogP contribution in [0.1, 0.15) is 34.7 Å². The van der Waals surface area contributed by atoms with Gasteiger partial charge in [0.2, 0.25) is 0 Å². The molecule has 0 spiro atoms. The number of aryl methyl sites for hydroxylation is 2. The molecule has 0 saturated heterocycles. The first-order valence-electron chi connectivity index (χ1n) is 10.9. The quantitative estimate of drug-likeness (QED) is 0.453. The molecule has 2 aliphatic rings. The molecule has 5 nitrogen and oxygen atoms in total. The largest absolute Gasteiger partial charge is 0.486 e. The van der Waals surface area contributed by atoms with Gasteiger partial charge >= 0.3 is 0 Å². The first-order valence-corrected chi connectivity index (χ1v) is 11.7. The lowest BCUT2D eigenvalue weighted by Crippen LogP contribution is -2.15. The van der Waals surface area contributed by atoms with E-state index in [-0.39, 0.29) is 0 Å². The molecule has 156 valence electrons. The van der Waals surface area contributed by atoms with Crippen molar-refractivity contribution in [1.82, 2.24) is 9.97 Å². The first kappa shape index (κ1) is 18.6. The summed E-state index contributed by atoms with van der Waals surface area (Å²) in [6.45, 7) is 1.17. The second-order valence-electron chi connectivity index (χ2n) is 8.03. The van der Waals surface area contributed by atoms with Crippen molar-refractivity contribution >= 4 is 33.1 Å².